The van der Waals surface area contributed by atoms with E-state index in [0.29, 0.717) is 23.8 Å². The van der Waals surface area contributed by atoms with Gasteiger partial charge in [0.15, 0.2) is 6.29 Å². The zero-order valence-electron chi connectivity index (χ0n) is 25.9. The summed E-state index contributed by atoms with van der Waals surface area (Å²) < 4.78 is 23.4. The van der Waals surface area contributed by atoms with Crippen LogP contribution in [0, 0.1) is 11.8 Å². The molecule has 0 N–H and O–H groups in total. The molecule has 0 unspecified atom stereocenters. The number of ether oxygens (including phenoxy) is 4. The highest BCUT2D eigenvalue weighted by atomic mass is 16.7. The molecule has 0 amide bonds. The number of hydrogen-bond donors (Lipinski definition) is 0. The first kappa shape index (κ1) is 33.1. The van der Waals surface area contributed by atoms with E-state index in [9.17, 15) is 4.79 Å². The SMILES string of the molecule is CCCCCCCCCCC1COC(c2ccc(C(=O)Oc3ccc(OCCCCC[C@@H](C)CC)cc3)cc2)OC1. The summed E-state index contributed by atoms with van der Waals surface area (Å²) in [6.45, 7) is 8.99. The summed E-state index contributed by atoms with van der Waals surface area (Å²) in [5.74, 6) is 2.19. The molecule has 1 atom stereocenters. The van der Waals surface area contributed by atoms with Gasteiger partial charge in [0.25, 0.3) is 0 Å². The molecular weight excluding hydrogens is 512 g/mol. The number of rotatable bonds is 20. The van der Waals surface area contributed by atoms with Gasteiger partial charge < -0.3 is 18.9 Å². The van der Waals surface area contributed by atoms with Gasteiger partial charge in [0.2, 0.25) is 0 Å². The largest absolute Gasteiger partial charge is 0.494 e. The molecule has 5 nitrogen and oxygen atoms in total. The molecule has 3 rings (SSSR count). The van der Waals surface area contributed by atoms with Crippen LogP contribution in [0.3, 0.4) is 0 Å². The number of hydrogen-bond acceptors (Lipinski definition) is 5. The molecule has 0 aliphatic carbocycles. The van der Waals surface area contributed by atoms with Gasteiger partial charge in [-0.2, -0.15) is 0 Å². The molecule has 2 aromatic rings. The summed E-state index contributed by atoms with van der Waals surface area (Å²) in [6.07, 6.45) is 17.5. The Morgan fingerprint density at radius 1 is 0.780 bits per heavy atom. The Kier molecular flexibility index (Phi) is 15.9. The van der Waals surface area contributed by atoms with Gasteiger partial charge in [-0.05, 0) is 55.2 Å². The summed E-state index contributed by atoms with van der Waals surface area (Å²) in [7, 11) is 0. The van der Waals surface area contributed by atoms with E-state index in [4.69, 9.17) is 18.9 Å². The standard InChI is InChI=1S/C36H54O5/c1-4-6-7-8-9-10-11-14-17-30-27-39-36(40-28-30)32-20-18-31(19-21-32)35(37)41-34-24-22-33(23-25-34)38-26-15-12-13-16-29(3)5-2/h18-25,29-30,36H,4-17,26-28H2,1-3H3/t29-,30?,36?/m0/s1. The van der Waals surface area contributed by atoms with E-state index in [1.165, 1.54) is 77.0 Å². The van der Waals surface area contributed by atoms with Crippen LogP contribution in [0.2, 0.25) is 0 Å². The summed E-state index contributed by atoms with van der Waals surface area (Å²) >= 11 is 0. The van der Waals surface area contributed by atoms with E-state index >= 15 is 0 Å². The second kappa shape index (κ2) is 19.7. The number of carbonyl (C=O) groups excluding carboxylic acids is 1. The van der Waals surface area contributed by atoms with Crippen molar-refractivity contribution in [1.29, 1.82) is 0 Å². The van der Waals surface area contributed by atoms with Gasteiger partial charge in [-0.15, -0.1) is 0 Å². The third-order valence-electron chi connectivity index (χ3n) is 8.19. The van der Waals surface area contributed by atoms with Crippen LogP contribution in [0.1, 0.15) is 133 Å². The maximum absolute atomic E-state index is 12.7. The van der Waals surface area contributed by atoms with Gasteiger partial charge in [0.05, 0.1) is 25.4 Å². The maximum Gasteiger partial charge on any atom is 0.343 e. The fourth-order valence-electron chi connectivity index (χ4n) is 5.18. The van der Waals surface area contributed by atoms with Crippen molar-refractivity contribution in [3.63, 3.8) is 0 Å². The fraction of sp³-hybridized carbons (Fsp3) is 0.639. The van der Waals surface area contributed by atoms with E-state index in [1.54, 1.807) is 24.3 Å². The molecule has 0 bridgehead atoms. The lowest BCUT2D eigenvalue weighted by atomic mass is 10.0. The predicted octanol–water partition coefficient (Wildman–Crippen LogP) is 10.1. The van der Waals surface area contributed by atoms with Crippen LogP contribution in [0.25, 0.3) is 0 Å². The fourth-order valence-corrected chi connectivity index (χ4v) is 5.18. The van der Waals surface area contributed by atoms with Crippen molar-refractivity contribution in [3.05, 3.63) is 59.7 Å². The zero-order chi connectivity index (χ0) is 29.1. The molecule has 1 aliphatic rings. The molecule has 0 saturated carbocycles. The number of carbonyl (C=O) groups is 1. The molecule has 228 valence electrons. The monoisotopic (exact) mass is 566 g/mol. The summed E-state index contributed by atoms with van der Waals surface area (Å²) in [5, 5.41) is 0. The van der Waals surface area contributed by atoms with Crippen molar-refractivity contribution >= 4 is 5.97 Å². The minimum Gasteiger partial charge on any atom is -0.494 e. The van der Waals surface area contributed by atoms with Gasteiger partial charge >= 0.3 is 5.97 Å². The van der Waals surface area contributed by atoms with E-state index in [-0.39, 0.29) is 12.3 Å². The molecule has 1 aliphatic heterocycles. The molecular formula is C36H54O5. The molecule has 1 heterocycles. The molecule has 1 fully saturated rings. The zero-order valence-corrected chi connectivity index (χ0v) is 25.9. The highest BCUT2D eigenvalue weighted by molar-refractivity contribution is 5.91. The quantitative estimate of drug-likeness (QED) is 0.0906. The summed E-state index contributed by atoms with van der Waals surface area (Å²) in [6, 6.07) is 14.6. The van der Waals surface area contributed by atoms with Crippen LogP contribution < -0.4 is 9.47 Å². The Hall–Kier alpha value is -2.37. The van der Waals surface area contributed by atoms with Gasteiger partial charge in [-0.25, -0.2) is 4.79 Å². The van der Waals surface area contributed by atoms with Crippen molar-refractivity contribution in [2.24, 2.45) is 11.8 Å². The third kappa shape index (κ3) is 13.0. The Morgan fingerprint density at radius 2 is 1.39 bits per heavy atom. The minimum absolute atomic E-state index is 0.373. The molecule has 5 heteroatoms. The Labute approximate surface area is 249 Å². The summed E-state index contributed by atoms with van der Waals surface area (Å²) in [4.78, 5) is 12.7. The van der Waals surface area contributed by atoms with Crippen LogP contribution in [0.5, 0.6) is 11.5 Å². The first-order chi connectivity index (χ1) is 20.1. The van der Waals surface area contributed by atoms with Crippen LogP contribution in [0.15, 0.2) is 48.5 Å². The van der Waals surface area contributed by atoms with Crippen LogP contribution in [-0.4, -0.2) is 25.8 Å². The van der Waals surface area contributed by atoms with Gasteiger partial charge in [-0.1, -0.05) is 110 Å². The molecule has 0 spiro atoms. The lowest BCUT2D eigenvalue weighted by molar-refractivity contribution is -0.206. The molecule has 0 aromatic heterocycles. The predicted molar refractivity (Wildman–Crippen MR) is 167 cm³/mol. The average molecular weight is 567 g/mol. The van der Waals surface area contributed by atoms with Gasteiger partial charge in [-0.3, -0.25) is 0 Å². The van der Waals surface area contributed by atoms with Crippen molar-refractivity contribution in [2.75, 3.05) is 19.8 Å². The average Bonchev–Trinajstić information content (AvgIpc) is 3.01. The first-order valence-electron chi connectivity index (χ1n) is 16.4. The topological polar surface area (TPSA) is 54.0 Å². The van der Waals surface area contributed by atoms with Crippen molar-refractivity contribution in [3.8, 4) is 11.5 Å². The minimum atomic E-state index is -0.387. The second-order valence-corrected chi connectivity index (χ2v) is 11.8. The lowest BCUT2D eigenvalue weighted by Crippen LogP contribution is -2.27. The number of benzene rings is 2. The van der Waals surface area contributed by atoms with E-state index < -0.39 is 0 Å². The number of unbranched alkanes of at least 4 members (excludes halogenated alkanes) is 9. The van der Waals surface area contributed by atoms with Gasteiger partial charge in [0.1, 0.15) is 11.5 Å². The van der Waals surface area contributed by atoms with Gasteiger partial charge in [0, 0.05) is 11.5 Å². The van der Waals surface area contributed by atoms with Crippen LogP contribution >= 0.6 is 0 Å². The smallest absolute Gasteiger partial charge is 0.343 e. The Balaban J connectivity index is 1.30. The highest BCUT2D eigenvalue weighted by Crippen LogP contribution is 2.28. The van der Waals surface area contributed by atoms with Crippen LogP contribution in [-0.2, 0) is 9.47 Å². The molecule has 41 heavy (non-hydrogen) atoms. The lowest BCUT2D eigenvalue weighted by Gasteiger charge is -2.29. The normalized spacial score (nSPS) is 17.7. The molecule has 1 saturated heterocycles. The first-order valence-corrected chi connectivity index (χ1v) is 16.4. The van der Waals surface area contributed by atoms with Crippen molar-refractivity contribution in [2.45, 2.75) is 117 Å². The maximum atomic E-state index is 12.7. The highest BCUT2D eigenvalue weighted by Gasteiger charge is 2.23. The number of esters is 1. The van der Waals surface area contributed by atoms with Crippen molar-refractivity contribution < 1.29 is 23.7 Å². The van der Waals surface area contributed by atoms with Crippen LogP contribution in [0.4, 0.5) is 0 Å². The second-order valence-electron chi connectivity index (χ2n) is 11.8. The van der Waals surface area contributed by atoms with E-state index in [2.05, 4.69) is 20.8 Å². The third-order valence-corrected chi connectivity index (χ3v) is 8.19. The Bertz CT molecular complexity index is 947. The Morgan fingerprint density at radius 3 is 2.05 bits per heavy atom. The van der Waals surface area contributed by atoms with Crippen molar-refractivity contribution in [1.82, 2.24) is 0 Å². The van der Waals surface area contributed by atoms with E-state index in [0.717, 1.165) is 43.3 Å². The molecule has 2 aromatic carbocycles. The summed E-state index contributed by atoms with van der Waals surface area (Å²) in [5.41, 5.74) is 1.42. The molecule has 0 radical (unpaired) electrons. The van der Waals surface area contributed by atoms with E-state index in [1.807, 2.05) is 24.3 Å².